The summed E-state index contributed by atoms with van der Waals surface area (Å²) in [5.74, 6) is 3.10. The van der Waals surface area contributed by atoms with Crippen molar-refractivity contribution in [2.75, 3.05) is 58.5 Å². The number of aromatic amines is 3. The normalized spacial score (nSPS) is 11.9. The molecule has 0 aliphatic heterocycles. The number of para-hydroxylation sites is 3. The Bertz CT molecular complexity index is 5330. The van der Waals surface area contributed by atoms with Crippen LogP contribution >= 0.6 is 0 Å². The molecule has 0 aliphatic carbocycles. The predicted molar refractivity (Wildman–Crippen MR) is 389 cm³/mol. The number of fused-ring (bicyclic) bond motifs is 4. The highest BCUT2D eigenvalue weighted by Crippen LogP contribution is 2.34. The summed E-state index contributed by atoms with van der Waals surface area (Å²) in [5.41, 5.74) is 16.3. The highest BCUT2D eigenvalue weighted by atomic mass is 32.2. The van der Waals surface area contributed by atoms with Gasteiger partial charge in [0.1, 0.15) is 23.2 Å². The summed E-state index contributed by atoms with van der Waals surface area (Å²) in [7, 11) is -6.08. The van der Waals surface area contributed by atoms with Crippen LogP contribution in [0, 0.1) is 0 Å². The number of anilines is 4. The molecule has 0 bridgehead atoms. The fourth-order valence-electron chi connectivity index (χ4n) is 10.5. The molecule has 94 heavy (non-hydrogen) atoms. The lowest BCUT2D eigenvalue weighted by atomic mass is 10.0. The minimum absolute atomic E-state index is 0.541. The maximum absolute atomic E-state index is 11.7. The summed E-state index contributed by atoms with van der Waals surface area (Å²) in [5, 5.41) is 2.41. The van der Waals surface area contributed by atoms with Crippen molar-refractivity contribution in [3.05, 3.63) is 253 Å². The van der Waals surface area contributed by atoms with E-state index >= 15 is 0 Å². The van der Waals surface area contributed by atoms with Gasteiger partial charge in [-0.15, -0.1) is 0 Å². The van der Waals surface area contributed by atoms with E-state index in [1.807, 2.05) is 185 Å². The van der Waals surface area contributed by atoms with Crippen LogP contribution in [0.4, 0.5) is 22.7 Å². The Morgan fingerprint density at radius 1 is 0.394 bits per heavy atom. The maximum atomic E-state index is 11.7. The van der Waals surface area contributed by atoms with E-state index in [1.54, 1.807) is 36.4 Å². The van der Waals surface area contributed by atoms with Crippen molar-refractivity contribution in [1.29, 1.82) is 0 Å². The van der Waals surface area contributed by atoms with Crippen LogP contribution in [-0.4, -0.2) is 94.6 Å². The van der Waals surface area contributed by atoms with Gasteiger partial charge < -0.3 is 24.6 Å². The Labute approximate surface area is 546 Å². The molecule has 20 heteroatoms. The second-order valence-corrected chi connectivity index (χ2v) is 27.7. The SMILES string of the molecule is CCOc1ccc(/C=C/c2nc3ccc(-c4ccccc4NS(C)(=O)=O)cc3[nH]2)cc1.CN(C)c1ccc(/C=C/c2nc3ccc(-c4ccccc4NS(C)(=O)=O)cc3[nH]2)cc1.CS(=O)(=O)Nc1ccccc1-c1ccc2nc(/C=C/c3ccc4ccccc4c3)[nH]c2c1. The number of benzene rings is 10. The first-order chi connectivity index (χ1) is 45.1. The monoisotopic (exact) mass is 1300 g/mol. The molecule has 0 radical (unpaired) electrons. The summed E-state index contributed by atoms with van der Waals surface area (Å²) in [6.07, 6.45) is 15.3. The molecular weight excluding hydrogens is 1240 g/mol. The Hall–Kier alpha value is -11.1. The third kappa shape index (κ3) is 17.1. The van der Waals surface area contributed by atoms with E-state index in [4.69, 9.17) is 4.74 Å². The number of aromatic nitrogens is 6. The first-order valence-electron chi connectivity index (χ1n) is 29.9. The van der Waals surface area contributed by atoms with Crippen LogP contribution in [0.1, 0.15) is 41.1 Å². The Balaban J connectivity index is 0.000000144. The molecule has 0 spiro atoms. The lowest BCUT2D eigenvalue weighted by molar-refractivity contribution is 0.340. The van der Waals surface area contributed by atoms with Gasteiger partial charge >= 0.3 is 0 Å². The second-order valence-electron chi connectivity index (χ2n) is 22.4. The number of nitrogens with zero attached hydrogens (tertiary/aromatic N) is 4. The summed E-state index contributed by atoms with van der Waals surface area (Å²) >= 11 is 0. The maximum Gasteiger partial charge on any atom is 0.229 e. The van der Waals surface area contributed by atoms with Crippen LogP contribution in [0.5, 0.6) is 5.75 Å². The lowest BCUT2D eigenvalue weighted by Crippen LogP contribution is -2.10. The van der Waals surface area contributed by atoms with Crippen molar-refractivity contribution in [1.82, 2.24) is 29.9 Å². The van der Waals surface area contributed by atoms with Crippen LogP contribution in [0.15, 0.2) is 218 Å². The second kappa shape index (κ2) is 28.2. The molecule has 3 aromatic heterocycles. The molecule has 10 aromatic carbocycles. The third-order valence-corrected chi connectivity index (χ3v) is 16.5. The van der Waals surface area contributed by atoms with Gasteiger partial charge in [0.25, 0.3) is 0 Å². The van der Waals surface area contributed by atoms with E-state index in [9.17, 15) is 25.3 Å². The molecular formula is C74H68N10O7S3. The summed E-state index contributed by atoms with van der Waals surface area (Å²) in [6, 6.07) is 70.3. The topological polar surface area (TPSA) is 237 Å². The molecule has 0 aliphatic rings. The zero-order valence-corrected chi connectivity index (χ0v) is 54.8. The van der Waals surface area contributed by atoms with Crippen molar-refractivity contribution in [3.63, 3.8) is 0 Å². The number of hydrogen-bond donors (Lipinski definition) is 6. The van der Waals surface area contributed by atoms with E-state index in [2.05, 4.69) is 104 Å². The van der Waals surface area contributed by atoms with Crippen molar-refractivity contribution in [2.45, 2.75) is 6.92 Å². The summed E-state index contributed by atoms with van der Waals surface area (Å²) in [6.45, 7) is 2.60. The summed E-state index contributed by atoms with van der Waals surface area (Å²) < 4.78 is 83.5. The van der Waals surface area contributed by atoms with Crippen LogP contribution < -0.4 is 23.8 Å². The summed E-state index contributed by atoms with van der Waals surface area (Å²) in [4.78, 5) is 25.9. The third-order valence-electron chi connectivity index (χ3n) is 14.8. The number of nitrogens with one attached hydrogen (secondary N) is 6. The number of ether oxygens (including phenoxy) is 1. The quantitative estimate of drug-likeness (QED) is 0.0472. The number of hydrogen-bond acceptors (Lipinski definition) is 11. The van der Waals surface area contributed by atoms with Gasteiger partial charge in [0, 0.05) is 36.5 Å². The molecule has 0 saturated heterocycles. The largest absolute Gasteiger partial charge is 0.494 e. The molecule has 13 aromatic rings. The lowest BCUT2D eigenvalue weighted by Gasteiger charge is -2.11. The van der Waals surface area contributed by atoms with Gasteiger partial charge in [-0.2, -0.15) is 0 Å². The fraction of sp³-hybridized carbons (Fsp3) is 0.0946. The molecule has 0 saturated carbocycles. The average molecular weight is 1310 g/mol. The standard InChI is InChI=1S/C26H21N3O2S.C24H24N4O2S.C24H23N3O3S/c1-32(30,31)29-23-9-5-4-8-22(23)21-13-14-24-25(17-21)28-26(27-24)15-11-18-10-12-19-6-2-3-7-20(19)16-18;1-28(2)19-12-8-17(9-13-19)10-15-24-25-22-14-11-18(16-23(22)26-24)20-6-4-5-7-21(20)27-31(3,29)30;1-3-30-19-12-8-17(9-13-19)10-15-24-25-22-14-11-18(16-23(22)26-24)20-6-4-5-7-21(20)27-31(2,28)29/h2-17,29H,1H3,(H,27,28);4-16,27H,1-3H3,(H,25,26);4-16,27H,3H2,1-2H3,(H,25,26)/b15-11+;2*15-10+. The highest BCUT2D eigenvalue weighted by Gasteiger charge is 2.15. The number of imidazole rings is 3. The molecule has 0 amide bonds. The van der Waals surface area contributed by atoms with E-state index in [-0.39, 0.29) is 0 Å². The van der Waals surface area contributed by atoms with Crippen molar-refractivity contribution >= 4 is 133 Å². The fourth-order valence-corrected chi connectivity index (χ4v) is 12.2. The molecule has 0 fully saturated rings. The van der Waals surface area contributed by atoms with Gasteiger partial charge in [-0.25, -0.2) is 40.2 Å². The van der Waals surface area contributed by atoms with E-state index in [0.717, 1.165) is 131 Å². The Kier molecular flexibility index (Phi) is 19.3. The van der Waals surface area contributed by atoms with Crippen molar-refractivity contribution < 1.29 is 30.0 Å². The van der Waals surface area contributed by atoms with Crippen LogP contribution in [-0.2, 0) is 30.1 Å². The van der Waals surface area contributed by atoms with Gasteiger partial charge in [-0.1, -0.05) is 152 Å². The van der Waals surface area contributed by atoms with Crippen LogP contribution in [0.25, 0.3) is 114 Å². The molecule has 13 rings (SSSR count). The number of sulfonamides is 3. The van der Waals surface area contributed by atoms with Gasteiger partial charge in [-0.05, 0) is 154 Å². The van der Waals surface area contributed by atoms with Crippen molar-refractivity contribution in [2.24, 2.45) is 0 Å². The van der Waals surface area contributed by atoms with E-state index in [0.29, 0.717) is 23.7 Å². The van der Waals surface area contributed by atoms with E-state index in [1.165, 1.54) is 10.8 Å². The molecule has 3 heterocycles. The zero-order valence-electron chi connectivity index (χ0n) is 52.3. The molecule has 0 unspecified atom stereocenters. The zero-order chi connectivity index (χ0) is 66.0. The van der Waals surface area contributed by atoms with Gasteiger partial charge in [-0.3, -0.25) is 14.2 Å². The van der Waals surface area contributed by atoms with Gasteiger partial charge in [0.2, 0.25) is 30.1 Å². The Morgan fingerprint density at radius 2 is 0.745 bits per heavy atom. The number of H-pyrrole nitrogens is 3. The molecule has 17 nitrogen and oxygen atoms in total. The first kappa shape index (κ1) is 64.5. The van der Waals surface area contributed by atoms with Gasteiger partial charge in [0.05, 0.1) is 75.5 Å². The van der Waals surface area contributed by atoms with Gasteiger partial charge in [0.15, 0.2) is 0 Å². The van der Waals surface area contributed by atoms with Crippen LogP contribution in [0.3, 0.4) is 0 Å². The predicted octanol–water partition coefficient (Wildman–Crippen LogP) is 15.9. The Morgan fingerprint density at radius 3 is 1.13 bits per heavy atom. The van der Waals surface area contributed by atoms with E-state index < -0.39 is 30.1 Å². The number of rotatable bonds is 18. The molecule has 474 valence electrons. The average Bonchev–Trinajstić information content (AvgIpc) is 1.59. The highest BCUT2D eigenvalue weighted by molar-refractivity contribution is 7.92. The minimum Gasteiger partial charge on any atom is -0.494 e. The molecule has 6 N–H and O–H groups in total. The smallest absolute Gasteiger partial charge is 0.229 e. The van der Waals surface area contributed by atoms with Crippen molar-refractivity contribution in [3.8, 4) is 39.1 Å². The molecule has 0 atom stereocenters. The first-order valence-corrected chi connectivity index (χ1v) is 35.6. The minimum atomic E-state index is -3.37. The van der Waals surface area contributed by atoms with Crippen LogP contribution in [0.2, 0.25) is 0 Å².